The molecule has 1 aromatic heterocycles. The molecule has 4 nitrogen and oxygen atoms in total. The first-order valence-corrected chi connectivity index (χ1v) is 7.92. The van der Waals surface area contributed by atoms with Crippen molar-refractivity contribution in [2.75, 3.05) is 24.5 Å². The van der Waals surface area contributed by atoms with E-state index < -0.39 is 0 Å². The number of anilines is 1. The molecule has 0 atom stereocenters. The zero-order valence-corrected chi connectivity index (χ0v) is 15.7. The lowest BCUT2D eigenvalue weighted by atomic mass is 10.2. The molecule has 2 heterocycles. The standard InChI is InChI=1S/C18H22N4.HI/c1-2-19-18(21-13-10-16-8-5-6-12-20-16)22-14-11-15-7-3-4-9-17(15)22;/h3-9,12H,2,10-11,13-14H2,1H3,(H,19,21);1H. The fraction of sp³-hybridized carbons (Fsp3) is 0.333. The molecular weight excluding hydrogens is 399 g/mol. The smallest absolute Gasteiger partial charge is 0.198 e. The topological polar surface area (TPSA) is 40.5 Å². The van der Waals surface area contributed by atoms with Gasteiger partial charge in [-0.05, 0) is 37.1 Å². The molecule has 2 aromatic rings. The highest BCUT2D eigenvalue weighted by atomic mass is 127. The number of rotatable bonds is 4. The number of guanidine groups is 1. The van der Waals surface area contributed by atoms with Crippen molar-refractivity contribution in [2.24, 2.45) is 4.99 Å². The minimum Gasteiger partial charge on any atom is -0.356 e. The van der Waals surface area contributed by atoms with Crippen LogP contribution in [0.4, 0.5) is 5.69 Å². The molecule has 0 bridgehead atoms. The van der Waals surface area contributed by atoms with E-state index in [-0.39, 0.29) is 24.0 Å². The second-order valence-corrected chi connectivity index (χ2v) is 5.34. The number of nitrogens with one attached hydrogen (secondary N) is 1. The van der Waals surface area contributed by atoms with Crippen LogP contribution in [0.15, 0.2) is 53.7 Å². The molecule has 122 valence electrons. The van der Waals surface area contributed by atoms with E-state index in [1.54, 1.807) is 0 Å². The Morgan fingerprint density at radius 2 is 2.04 bits per heavy atom. The fourth-order valence-corrected chi connectivity index (χ4v) is 2.78. The van der Waals surface area contributed by atoms with Gasteiger partial charge in [0, 0.05) is 43.6 Å². The highest BCUT2D eigenvalue weighted by Crippen LogP contribution is 2.27. The normalized spacial score (nSPS) is 13.4. The number of aliphatic imine (C=N–C) groups is 1. The SMILES string of the molecule is CCNC(=NCCc1ccccn1)N1CCc2ccccc21.I. The van der Waals surface area contributed by atoms with Crippen LogP contribution in [-0.4, -0.2) is 30.6 Å². The Labute approximate surface area is 155 Å². The van der Waals surface area contributed by atoms with Crippen LogP contribution in [0.25, 0.3) is 0 Å². The van der Waals surface area contributed by atoms with Crippen molar-refractivity contribution in [3.63, 3.8) is 0 Å². The van der Waals surface area contributed by atoms with Crippen molar-refractivity contribution in [1.29, 1.82) is 0 Å². The quantitative estimate of drug-likeness (QED) is 0.467. The van der Waals surface area contributed by atoms with Gasteiger partial charge in [-0.1, -0.05) is 24.3 Å². The van der Waals surface area contributed by atoms with E-state index in [9.17, 15) is 0 Å². The predicted octanol–water partition coefficient (Wildman–Crippen LogP) is 3.27. The molecule has 1 aromatic carbocycles. The number of fused-ring (bicyclic) bond motifs is 1. The van der Waals surface area contributed by atoms with Crippen molar-refractivity contribution >= 4 is 35.6 Å². The number of hydrogen-bond acceptors (Lipinski definition) is 2. The summed E-state index contributed by atoms with van der Waals surface area (Å²) in [7, 11) is 0. The van der Waals surface area contributed by atoms with Gasteiger partial charge in [0.2, 0.25) is 0 Å². The molecule has 0 aliphatic carbocycles. The number of hydrogen-bond donors (Lipinski definition) is 1. The van der Waals surface area contributed by atoms with Crippen molar-refractivity contribution in [3.8, 4) is 0 Å². The lowest BCUT2D eigenvalue weighted by Gasteiger charge is -2.22. The van der Waals surface area contributed by atoms with Crippen LogP contribution in [0.5, 0.6) is 0 Å². The van der Waals surface area contributed by atoms with Crippen molar-refractivity contribution in [3.05, 3.63) is 59.9 Å². The molecule has 0 spiro atoms. The summed E-state index contributed by atoms with van der Waals surface area (Å²) >= 11 is 0. The Morgan fingerprint density at radius 3 is 2.83 bits per heavy atom. The Bertz CT molecular complexity index is 642. The van der Waals surface area contributed by atoms with Gasteiger partial charge < -0.3 is 10.2 Å². The Hall–Kier alpha value is -1.63. The molecule has 0 saturated carbocycles. The van der Waals surface area contributed by atoms with Crippen molar-refractivity contribution < 1.29 is 0 Å². The van der Waals surface area contributed by atoms with Crippen LogP contribution >= 0.6 is 24.0 Å². The number of aromatic nitrogens is 1. The van der Waals surface area contributed by atoms with Gasteiger partial charge in [0.25, 0.3) is 0 Å². The monoisotopic (exact) mass is 422 g/mol. The summed E-state index contributed by atoms with van der Waals surface area (Å²) in [6.45, 7) is 4.73. The van der Waals surface area contributed by atoms with Crippen LogP contribution in [0, 0.1) is 0 Å². The Balaban J connectivity index is 0.00000192. The van der Waals surface area contributed by atoms with Gasteiger partial charge in [-0.25, -0.2) is 0 Å². The summed E-state index contributed by atoms with van der Waals surface area (Å²) in [4.78, 5) is 11.4. The van der Waals surface area contributed by atoms with E-state index in [0.29, 0.717) is 0 Å². The summed E-state index contributed by atoms with van der Waals surface area (Å²) in [5, 5.41) is 3.41. The number of pyridine rings is 1. The summed E-state index contributed by atoms with van der Waals surface area (Å²) in [5.41, 5.74) is 3.77. The minimum atomic E-state index is 0. The van der Waals surface area contributed by atoms with E-state index in [1.807, 2.05) is 24.4 Å². The van der Waals surface area contributed by atoms with Crippen molar-refractivity contribution in [2.45, 2.75) is 19.8 Å². The third-order valence-corrected chi connectivity index (χ3v) is 3.83. The molecule has 1 aliphatic heterocycles. The molecule has 0 amide bonds. The maximum absolute atomic E-state index is 4.78. The largest absolute Gasteiger partial charge is 0.356 e. The van der Waals surface area contributed by atoms with E-state index in [0.717, 1.165) is 44.1 Å². The zero-order valence-electron chi connectivity index (χ0n) is 13.4. The van der Waals surface area contributed by atoms with E-state index in [2.05, 4.69) is 46.4 Å². The first-order valence-electron chi connectivity index (χ1n) is 7.92. The Morgan fingerprint density at radius 1 is 1.22 bits per heavy atom. The second-order valence-electron chi connectivity index (χ2n) is 5.34. The molecule has 5 heteroatoms. The third kappa shape index (κ3) is 4.43. The summed E-state index contributed by atoms with van der Waals surface area (Å²) in [6.07, 6.45) is 3.78. The fourth-order valence-electron chi connectivity index (χ4n) is 2.78. The molecule has 0 fully saturated rings. The maximum atomic E-state index is 4.78. The Kier molecular flexibility index (Phi) is 6.83. The van der Waals surface area contributed by atoms with Gasteiger partial charge in [0.1, 0.15) is 0 Å². The van der Waals surface area contributed by atoms with Crippen LogP contribution < -0.4 is 10.2 Å². The van der Waals surface area contributed by atoms with E-state index >= 15 is 0 Å². The molecule has 0 saturated heterocycles. The molecule has 1 N–H and O–H groups in total. The third-order valence-electron chi connectivity index (χ3n) is 3.83. The van der Waals surface area contributed by atoms with Crippen LogP contribution in [0.1, 0.15) is 18.2 Å². The lowest BCUT2D eigenvalue weighted by molar-refractivity contribution is 0.861. The summed E-state index contributed by atoms with van der Waals surface area (Å²) < 4.78 is 0. The molecule has 3 rings (SSSR count). The zero-order chi connectivity index (χ0) is 15.2. The lowest BCUT2D eigenvalue weighted by Crippen LogP contribution is -2.40. The van der Waals surface area contributed by atoms with Crippen LogP contribution in [0.2, 0.25) is 0 Å². The molecule has 0 radical (unpaired) electrons. The molecule has 0 unspecified atom stereocenters. The highest BCUT2D eigenvalue weighted by Gasteiger charge is 2.22. The maximum Gasteiger partial charge on any atom is 0.198 e. The van der Waals surface area contributed by atoms with Gasteiger partial charge in [-0.15, -0.1) is 24.0 Å². The van der Waals surface area contributed by atoms with Crippen LogP contribution in [-0.2, 0) is 12.8 Å². The van der Waals surface area contributed by atoms with Gasteiger partial charge in [-0.2, -0.15) is 0 Å². The highest BCUT2D eigenvalue weighted by molar-refractivity contribution is 14.0. The van der Waals surface area contributed by atoms with E-state index in [4.69, 9.17) is 4.99 Å². The minimum absolute atomic E-state index is 0. The van der Waals surface area contributed by atoms with Gasteiger partial charge in [0.15, 0.2) is 5.96 Å². The van der Waals surface area contributed by atoms with Gasteiger partial charge in [0.05, 0.1) is 0 Å². The van der Waals surface area contributed by atoms with Gasteiger partial charge >= 0.3 is 0 Å². The number of nitrogens with zero attached hydrogens (tertiary/aromatic N) is 3. The average Bonchev–Trinajstić information content (AvgIpc) is 2.99. The van der Waals surface area contributed by atoms with Crippen molar-refractivity contribution in [1.82, 2.24) is 10.3 Å². The summed E-state index contributed by atoms with van der Waals surface area (Å²) in [5.74, 6) is 0.975. The summed E-state index contributed by atoms with van der Waals surface area (Å²) in [6, 6.07) is 14.6. The molecule has 23 heavy (non-hydrogen) atoms. The number of benzene rings is 1. The molecular formula is C18H23IN4. The van der Waals surface area contributed by atoms with E-state index in [1.165, 1.54) is 11.3 Å². The average molecular weight is 422 g/mol. The number of halogens is 1. The van der Waals surface area contributed by atoms with Gasteiger partial charge in [-0.3, -0.25) is 9.98 Å². The first kappa shape index (κ1) is 17.7. The predicted molar refractivity (Wildman–Crippen MR) is 107 cm³/mol. The second kappa shape index (κ2) is 8.86. The first-order chi connectivity index (χ1) is 10.9. The number of para-hydroxylation sites is 1. The van der Waals surface area contributed by atoms with Crippen LogP contribution in [0.3, 0.4) is 0 Å². The molecule has 1 aliphatic rings.